The average Bonchev–Trinajstić information content (AvgIpc) is 3.30. The molecule has 11 heteroatoms. The van der Waals surface area contributed by atoms with Gasteiger partial charge in [0, 0.05) is 28.4 Å². The second-order valence-corrected chi connectivity index (χ2v) is 10.0. The molecular weight excluding hydrogens is 559 g/mol. The molecule has 1 atom stereocenters. The quantitative estimate of drug-likeness (QED) is 0.190. The third kappa shape index (κ3) is 7.13. The summed E-state index contributed by atoms with van der Waals surface area (Å²) in [6.07, 6.45) is -3.30. The maximum absolute atomic E-state index is 14.0. The van der Waals surface area contributed by atoms with E-state index in [2.05, 4.69) is 10.3 Å². The first-order chi connectivity index (χ1) is 19.5. The summed E-state index contributed by atoms with van der Waals surface area (Å²) >= 11 is 6.17. The molecule has 7 nitrogen and oxygen atoms in total. The Morgan fingerprint density at radius 3 is 2.44 bits per heavy atom. The van der Waals surface area contributed by atoms with Crippen molar-refractivity contribution < 1.29 is 32.7 Å². The highest BCUT2D eigenvalue weighted by atomic mass is 35.5. The average molecular weight is 586 g/mol. The zero-order valence-electron chi connectivity index (χ0n) is 22.0. The van der Waals surface area contributed by atoms with Crippen molar-refractivity contribution in [1.82, 2.24) is 14.9 Å². The van der Waals surface area contributed by atoms with Gasteiger partial charge in [0.1, 0.15) is 11.5 Å². The third-order valence-electron chi connectivity index (χ3n) is 6.60. The molecule has 2 heterocycles. The first-order valence-corrected chi connectivity index (χ1v) is 13.3. The van der Waals surface area contributed by atoms with Crippen molar-refractivity contribution in [2.75, 3.05) is 6.54 Å². The number of carbonyl (C=O) groups is 3. The monoisotopic (exact) mass is 585 g/mol. The van der Waals surface area contributed by atoms with E-state index in [1.54, 1.807) is 48.5 Å². The van der Waals surface area contributed by atoms with E-state index in [0.717, 1.165) is 11.6 Å². The van der Waals surface area contributed by atoms with Crippen LogP contribution in [0.4, 0.5) is 13.2 Å². The minimum absolute atomic E-state index is 0.00292. The summed E-state index contributed by atoms with van der Waals surface area (Å²) in [6, 6.07) is 16.7. The zero-order chi connectivity index (χ0) is 29.7. The summed E-state index contributed by atoms with van der Waals surface area (Å²) in [6.45, 7) is 1.94. The lowest BCUT2D eigenvalue weighted by Crippen LogP contribution is -2.26. The summed E-state index contributed by atoms with van der Waals surface area (Å²) in [4.78, 5) is 40.8. The summed E-state index contributed by atoms with van der Waals surface area (Å²) in [5.41, 5.74) is 0.772. The number of nitrogens with one attached hydrogen (secondary N) is 1. The Labute approximate surface area is 239 Å². The number of ketones is 1. The number of amides is 1. The minimum atomic E-state index is -4.66. The smallest absolute Gasteiger partial charge is 0.433 e. The molecule has 41 heavy (non-hydrogen) atoms. The lowest BCUT2D eigenvalue weighted by Gasteiger charge is -2.18. The van der Waals surface area contributed by atoms with Crippen LogP contribution in [-0.4, -0.2) is 38.9 Å². The van der Waals surface area contributed by atoms with Gasteiger partial charge in [0.25, 0.3) is 5.91 Å². The number of Topliss-reactive ketones (excluding diaryl/α,β-unsaturated/α-hetero) is 1. The van der Waals surface area contributed by atoms with E-state index in [1.807, 2.05) is 6.92 Å². The van der Waals surface area contributed by atoms with Crippen LogP contribution < -0.4 is 5.32 Å². The number of nitrogens with zero attached hydrogens (tertiary/aromatic N) is 2. The Balaban J connectivity index is 1.66. The largest absolute Gasteiger partial charge is 0.481 e. The van der Waals surface area contributed by atoms with Gasteiger partial charge in [0.2, 0.25) is 0 Å². The van der Waals surface area contributed by atoms with Crippen LogP contribution in [0, 0.1) is 5.92 Å². The van der Waals surface area contributed by atoms with Crippen LogP contribution in [0.2, 0.25) is 5.02 Å². The molecule has 0 saturated carbocycles. The molecule has 0 saturated heterocycles. The molecule has 0 aliphatic carbocycles. The lowest BCUT2D eigenvalue weighted by atomic mass is 9.89. The zero-order valence-corrected chi connectivity index (χ0v) is 22.8. The number of pyridine rings is 1. The molecule has 2 aromatic carbocycles. The number of aromatic nitrogens is 2. The van der Waals surface area contributed by atoms with Crippen LogP contribution in [0.5, 0.6) is 0 Å². The molecule has 4 rings (SSSR count). The second kappa shape index (κ2) is 12.6. The Morgan fingerprint density at radius 2 is 1.78 bits per heavy atom. The molecule has 0 unspecified atom stereocenters. The molecular formula is C30H27ClF3N3O4. The van der Waals surface area contributed by atoms with Crippen LogP contribution in [0.1, 0.15) is 58.3 Å². The van der Waals surface area contributed by atoms with Crippen molar-refractivity contribution >= 4 is 40.2 Å². The molecule has 4 aromatic rings. The van der Waals surface area contributed by atoms with E-state index in [9.17, 15) is 27.6 Å². The van der Waals surface area contributed by atoms with Crippen molar-refractivity contribution in [3.63, 3.8) is 0 Å². The number of benzene rings is 2. The van der Waals surface area contributed by atoms with Gasteiger partial charge in [0.15, 0.2) is 5.78 Å². The number of hydrogen-bond acceptors (Lipinski definition) is 4. The molecule has 0 spiro atoms. The molecule has 0 bridgehead atoms. The number of halogens is 4. The third-order valence-corrected chi connectivity index (χ3v) is 6.84. The normalized spacial score (nSPS) is 12.3. The maximum Gasteiger partial charge on any atom is 0.433 e. The summed E-state index contributed by atoms with van der Waals surface area (Å²) in [5, 5.41) is 12.3. The molecule has 0 fully saturated rings. The van der Waals surface area contributed by atoms with Crippen LogP contribution in [-0.2, 0) is 17.4 Å². The van der Waals surface area contributed by atoms with Crippen molar-refractivity contribution in [3.8, 4) is 5.82 Å². The first kappa shape index (κ1) is 29.8. The van der Waals surface area contributed by atoms with Crippen LogP contribution in [0.15, 0.2) is 66.7 Å². The second-order valence-electron chi connectivity index (χ2n) is 9.60. The van der Waals surface area contributed by atoms with Gasteiger partial charge in [-0.2, -0.15) is 13.2 Å². The predicted octanol–water partition coefficient (Wildman–Crippen LogP) is 6.74. The van der Waals surface area contributed by atoms with Gasteiger partial charge in [-0.1, -0.05) is 43.1 Å². The lowest BCUT2D eigenvalue weighted by molar-refractivity contribution is -0.141. The van der Waals surface area contributed by atoms with Gasteiger partial charge in [-0.15, -0.1) is 0 Å². The number of aliphatic carboxylic acids is 1. The SMILES string of the molecule is CCC[C@@H](Cc1ccc(C(=O)NCCC(=O)O)cc1)C(=O)c1cc2cc(Cl)ccc2n1-c1cccc(C(F)(F)F)n1. The van der Waals surface area contributed by atoms with Crippen molar-refractivity contribution in [2.24, 2.45) is 5.92 Å². The van der Waals surface area contributed by atoms with E-state index >= 15 is 0 Å². The van der Waals surface area contributed by atoms with Crippen molar-refractivity contribution in [2.45, 2.75) is 38.8 Å². The Hall–Kier alpha value is -4.18. The Morgan fingerprint density at radius 1 is 1.05 bits per heavy atom. The van der Waals surface area contributed by atoms with Gasteiger partial charge < -0.3 is 10.4 Å². The summed E-state index contributed by atoms with van der Waals surface area (Å²) < 4.78 is 41.9. The fourth-order valence-corrected chi connectivity index (χ4v) is 4.85. The number of carbonyl (C=O) groups excluding carboxylic acids is 2. The fourth-order valence-electron chi connectivity index (χ4n) is 4.67. The van der Waals surface area contributed by atoms with E-state index in [4.69, 9.17) is 16.7 Å². The summed E-state index contributed by atoms with van der Waals surface area (Å²) in [7, 11) is 0. The number of alkyl halides is 3. The van der Waals surface area contributed by atoms with Crippen LogP contribution >= 0.6 is 11.6 Å². The van der Waals surface area contributed by atoms with E-state index in [0.29, 0.717) is 40.8 Å². The van der Waals surface area contributed by atoms with Gasteiger partial charge in [-0.3, -0.25) is 19.0 Å². The molecule has 214 valence electrons. The molecule has 2 N–H and O–H groups in total. The van der Waals surface area contributed by atoms with Crippen LogP contribution in [0.3, 0.4) is 0 Å². The van der Waals surface area contributed by atoms with E-state index in [1.165, 1.54) is 16.7 Å². The number of carboxylic acids is 1. The van der Waals surface area contributed by atoms with Gasteiger partial charge in [-0.05, 0) is 66.9 Å². The molecule has 0 aliphatic heterocycles. The number of fused-ring (bicyclic) bond motifs is 1. The molecule has 1 amide bonds. The highest BCUT2D eigenvalue weighted by molar-refractivity contribution is 6.31. The Bertz CT molecular complexity index is 1580. The number of hydrogen-bond donors (Lipinski definition) is 2. The van der Waals surface area contributed by atoms with E-state index in [-0.39, 0.29) is 30.3 Å². The van der Waals surface area contributed by atoms with E-state index < -0.39 is 29.7 Å². The summed E-state index contributed by atoms with van der Waals surface area (Å²) in [5.74, 6) is -2.21. The van der Waals surface area contributed by atoms with Gasteiger partial charge in [0.05, 0.1) is 17.6 Å². The predicted molar refractivity (Wildman–Crippen MR) is 149 cm³/mol. The first-order valence-electron chi connectivity index (χ1n) is 13.0. The van der Waals surface area contributed by atoms with Crippen LogP contribution in [0.25, 0.3) is 16.7 Å². The highest BCUT2D eigenvalue weighted by Crippen LogP contribution is 2.32. The van der Waals surface area contributed by atoms with Gasteiger partial charge >= 0.3 is 12.1 Å². The highest BCUT2D eigenvalue weighted by Gasteiger charge is 2.33. The van der Waals surface area contributed by atoms with Gasteiger partial charge in [-0.25, -0.2) is 4.98 Å². The molecule has 0 radical (unpaired) electrons. The van der Waals surface area contributed by atoms with Crippen molar-refractivity contribution in [3.05, 3.63) is 94.3 Å². The Kier molecular flexibility index (Phi) is 9.12. The number of carboxylic acid groups (broad SMARTS) is 1. The molecule has 2 aromatic heterocycles. The minimum Gasteiger partial charge on any atom is -0.481 e. The topological polar surface area (TPSA) is 101 Å². The maximum atomic E-state index is 14.0. The van der Waals surface area contributed by atoms with Crippen molar-refractivity contribution in [1.29, 1.82) is 0 Å². The standard InChI is InChI=1S/C30H27ClF3N3O4/c1-2-4-20(15-18-7-9-19(10-8-18)29(41)35-14-13-27(38)39)28(40)24-17-21-16-22(31)11-12-23(21)37(24)26-6-3-5-25(36-26)30(32,33)34/h3,5-12,16-17,20H,2,4,13-15H2,1H3,(H,35,41)(H,38,39)/t20-/m0/s1. The number of rotatable bonds is 11. The molecule has 0 aliphatic rings. The fraction of sp³-hybridized carbons (Fsp3) is 0.267.